The van der Waals surface area contributed by atoms with Gasteiger partial charge in [-0.1, -0.05) is 0 Å². The monoisotopic (exact) mass is 453 g/mol. The maximum absolute atomic E-state index is 12.1. The maximum atomic E-state index is 12.1. The minimum absolute atomic E-state index is 0.0108. The van der Waals surface area contributed by atoms with E-state index >= 15 is 0 Å². The summed E-state index contributed by atoms with van der Waals surface area (Å²) in [6.45, 7) is 1.83. The van der Waals surface area contributed by atoms with E-state index in [1.54, 1.807) is 49.4 Å². The molecule has 1 aliphatic rings. The van der Waals surface area contributed by atoms with Crippen LogP contribution in [0.3, 0.4) is 0 Å². The number of amides is 1. The highest BCUT2D eigenvalue weighted by molar-refractivity contribution is 5.84. The number of ether oxygens (including phenoxy) is 5. The smallest absolute Gasteiger partial charge is 0.411 e. The normalized spacial score (nSPS) is 15.2. The van der Waals surface area contributed by atoms with Crippen molar-refractivity contribution in [3.63, 3.8) is 0 Å². The summed E-state index contributed by atoms with van der Waals surface area (Å²) in [6, 6.07) is 14.7. The summed E-state index contributed by atoms with van der Waals surface area (Å²) in [7, 11) is 3.20. The molecule has 1 amide bonds. The quantitative estimate of drug-likeness (QED) is 0.524. The van der Waals surface area contributed by atoms with Gasteiger partial charge in [-0.25, -0.2) is 4.79 Å². The molecule has 0 radical (unpaired) electrons. The first kappa shape index (κ1) is 22.5. The Bertz CT molecular complexity index is 1060. The van der Waals surface area contributed by atoms with Gasteiger partial charge in [0.1, 0.15) is 18.5 Å². The van der Waals surface area contributed by atoms with Gasteiger partial charge in [0.15, 0.2) is 11.5 Å². The number of nitrogens with one attached hydrogen (secondary N) is 1. The van der Waals surface area contributed by atoms with E-state index in [2.05, 4.69) is 10.4 Å². The summed E-state index contributed by atoms with van der Waals surface area (Å²) in [4.78, 5) is 12.1. The number of benzene rings is 2. The first-order chi connectivity index (χ1) is 16.2. The fourth-order valence-corrected chi connectivity index (χ4v) is 3.52. The van der Waals surface area contributed by atoms with Crippen LogP contribution in [0.4, 0.5) is 10.5 Å². The highest BCUT2D eigenvalue weighted by Crippen LogP contribution is 2.34. The van der Waals surface area contributed by atoms with Gasteiger partial charge >= 0.3 is 6.09 Å². The molecule has 1 fully saturated rings. The number of methoxy groups -OCH3 is 2. The van der Waals surface area contributed by atoms with Gasteiger partial charge in [0.05, 0.1) is 39.7 Å². The molecule has 0 bridgehead atoms. The number of rotatable bonds is 9. The molecule has 1 aromatic heterocycles. The lowest BCUT2D eigenvalue weighted by atomic mass is 10.1. The van der Waals surface area contributed by atoms with Crippen molar-refractivity contribution in [2.75, 3.05) is 39.4 Å². The Balaban J connectivity index is 1.36. The van der Waals surface area contributed by atoms with Crippen molar-refractivity contribution in [2.45, 2.75) is 19.1 Å². The Morgan fingerprint density at radius 3 is 2.70 bits per heavy atom. The average molecular weight is 453 g/mol. The van der Waals surface area contributed by atoms with Gasteiger partial charge in [-0.3, -0.25) is 10.00 Å². The lowest BCUT2D eigenvalue weighted by molar-refractivity contribution is 0.138. The van der Waals surface area contributed by atoms with Crippen LogP contribution in [0.2, 0.25) is 0 Å². The van der Waals surface area contributed by atoms with Crippen molar-refractivity contribution in [3.8, 4) is 28.5 Å². The molecular weight excluding hydrogens is 426 g/mol. The van der Waals surface area contributed by atoms with Gasteiger partial charge < -0.3 is 23.7 Å². The number of aromatic nitrogens is 2. The van der Waals surface area contributed by atoms with E-state index in [0.29, 0.717) is 42.7 Å². The van der Waals surface area contributed by atoms with E-state index in [-0.39, 0.29) is 12.7 Å². The highest BCUT2D eigenvalue weighted by atomic mass is 16.6. The summed E-state index contributed by atoms with van der Waals surface area (Å²) in [5.41, 5.74) is 2.42. The first-order valence-electron chi connectivity index (χ1n) is 10.7. The predicted octanol–water partition coefficient (Wildman–Crippen LogP) is 3.98. The summed E-state index contributed by atoms with van der Waals surface area (Å²) in [5.74, 6) is 2.03. The van der Waals surface area contributed by atoms with Crippen LogP contribution in [0.1, 0.15) is 6.42 Å². The van der Waals surface area contributed by atoms with E-state index in [1.807, 2.05) is 24.3 Å². The summed E-state index contributed by atoms with van der Waals surface area (Å²) >= 11 is 0. The van der Waals surface area contributed by atoms with E-state index in [0.717, 1.165) is 17.7 Å². The lowest BCUT2D eigenvalue weighted by Gasteiger charge is -2.16. The molecule has 9 heteroatoms. The summed E-state index contributed by atoms with van der Waals surface area (Å²) in [5, 5.41) is 7.05. The SMILES string of the molecule is COc1ccc(NC(=O)OCCn2nccc2-c2ccc(OC)c(O[C@@H]3CCOC3)c2)cc1. The Kier molecular flexibility index (Phi) is 7.31. The molecule has 33 heavy (non-hydrogen) atoms. The molecular formula is C24H27N3O6. The van der Waals surface area contributed by atoms with Gasteiger partial charge in [0.25, 0.3) is 0 Å². The molecule has 1 N–H and O–H groups in total. The van der Waals surface area contributed by atoms with Crippen LogP contribution in [-0.4, -0.2) is 56.0 Å². The van der Waals surface area contributed by atoms with E-state index in [1.165, 1.54) is 0 Å². The van der Waals surface area contributed by atoms with Gasteiger partial charge in [0, 0.05) is 23.9 Å². The fraction of sp³-hybridized carbons (Fsp3) is 0.333. The number of carbonyl (C=O) groups is 1. The molecule has 2 aromatic carbocycles. The van der Waals surface area contributed by atoms with Crippen LogP contribution in [0, 0.1) is 0 Å². The van der Waals surface area contributed by atoms with E-state index in [9.17, 15) is 4.79 Å². The molecule has 174 valence electrons. The third kappa shape index (κ3) is 5.75. The highest BCUT2D eigenvalue weighted by Gasteiger charge is 2.20. The van der Waals surface area contributed by atoms with Crippen LogP contribution in [0.15, 0.2) is 54.7 Å². The molecule has 3 aromatic rings. The molecule has 0 spiro atoms. The molecule has 0 unspecified atom stereocenters. The van der Waals surface area contributed by atoms with E-state index < -0.39 is 6.09 Å². The summed E-state index contributed by atoms with van der Waals surface area (Å²) < 4.78 is 29.2. The standard InChI is InChI=1S/C24H27N3O6/c1-29-19-6-4-18(5-7-19)26-24(28)32-14-12-27-21(9-11-25-27)17-3-8-22(30-2)23(15-17)33-20-10-13-31-16-20/h3-9,11,15,20H,10,12-14,16H2,1-2H3,(H,26,28)/t20-/m1/s1. The van der Waals surface area contributed by atoms with Crippen molar-refractivity contribution in [1.82, 2.24) is 9.78 Å². The summed E-state index contributed by atoms with van der Waals surface area (Å²) in [6.07, 6.45) is 2.04. The van der Waals surface area contributed by atoms with Crippen molar-refractivity contribution in [1.29, 1.82) is 0 Å². The van der Waals surface area contributed by atoms with Crippen LogP contribution >= 0.6 is 0 Å². The zero-order valence-electron chi connectivity index (χ0n) is 18.7. The second-order valence-corrected chi connectivity index (χ2v) is 7.40. The van der Waals surface area contributed by atoms with Crippen LogP contribution in [-0.2, 0) is 16.0 Å². The number of nitrogens with zero attached hydrogens (tertiary/aromatic N) is 2. The topological polar surface area (TPSA) is 93.1 Å². The molecule has 0 aliphatic carbocycles. The number of hydrogen-bond donors (Lipinski definition) is 1. The third-order valence-electron chi connectivity index (χ3n) is 5.23. The predicted molar refractivity (Wildman–Crippen MR) is 122 cm³/mol. The zero-order valence-corrected chi connectivity index (χ0v) is 18.7. The van der Waals surface area contributed by atoms with Gasteiger partial charge in [-0.05, 0) is 48.5 Å². The van der Waals surface area contributed by atoms with Crippen molar-refractivity contribution in [2.24, 2.45) is 0 Å². The lowest BCUT2D eigenvalue weighted by Crippen LogP contribution is -2.18. The van der Waals surface area contributed by atoms with Crippen LogP contribution < -0.4 is 19.5 Å². The zero-order chi connectivity index (χ0) is 23.0. The van der Waals surface area contributed by atoms with Crippen LogP contribution in [0.25, 0.3) is 11.3 Å². The Labute approximate surface area is 192 Å². The van der Waals surface area contributed by atoms with Gasteiger partial charge in [0.2, 0.25) is 0 Å². The largest absolute Gasteiger partial charge is 0.497 e. The van der Waals surface area contributed by atoms with Gasteiger partial charge in [-0.15, -0.1) is 0 Å². The van der Waals surface area contributed by atoms with E-state index in [4.69, 9.17) is 23.7 Å². The Morgan fingerprint density at radius 1 is 1.12 bits per heavy atom. The number of anilines is 1. The molecule has 0 saturated carbocycles. The first-order valence-corrected chi connectivity index (χ1v) is 10.7. The van der Waals surface area contributed by atoms with Crippen LogP contribution in [0.5, 0.6) is 17.2 Å². The molecule has 1 saturated heterocycles. The van der Waals surface area contributed by atoms with Crippen molar-refractivity contribution < 1.29 is 28.5 Å². The minimum Gasteiger partial charge on any atom is -0.497 e. The third-order valence-corrected chi connectivity index (χ3v) is 5.23. The molecule has 2 heterocycles. The molecule has 1 aliphatic heterocycles. The molecule has 4 rings (SSSR count). The van der Waals surface area contributed by atoms with Crippen molar-refractivity contribution >= 4 is 11.8 Å². The Morgan fingerprint density at radius 2 is 1.97 bits per heavy atom. The number of carbonyl (C=O) groups excluding carboxylic acids is 1. The average Bonchev–Trinajstić information content (AvgIpc) is 3.52. The minimum atomic E-state index is -0.534. The maximum Gasteiger partial charge on any atom is 0.411 e. The fourth-order valence-electron chi connectivity index (χ4n) is 3.52. The Hall–Kier alpha value is -3.72. The second kappa shape index (κ2) is 10.7. The van der Waals surface area contributed by atoms with Crippen molar-refractivity contribution in [3.05, 3.63) is 54.7 Å². The molecule has 1 atom stereocenters. The number of hydrogen-bond acceptors (Lipinski definition) is 7. The molecule has 9 nitrogen and oxygen atoms in total. The van der Waals surface area contributed by atoms with Gasteiger partial charge in [-0.2, -0.15) is 5.10 Å². The second-order valence-electron chi connectivity index (χ2n) is 7.40.